The van der Waals surface area contributed by atoms with Gasteiger partial charge in [0.15, 0.2) is 0 Å². The van der Waals surface area contributed by atoms with Gasteiger partial charge in [-0.25, -0.2) is 0 Å². The van der Waals surface area contributed by atoms with Crippen LogP contribution >= 0.6 is 45.1 Å². The zero-order valence-electron chi connectivity index (χ0n) is 5.62. The van der Waals surface area contributed by atoms with Crippen molar-refractivity contribution < 1.29 is 0 Å². The predicted molar refractivity (Wildman–Crippen MR) is 57.4 cm³/mol. The summed E-state index contributed by atoms with van der Waals surface area (Å²) in [6.07, 6.45) is 0. The molecule has 0 saturated carbocycles. The van der Waals surface area contributed by atoms with Crippen molar-refractivity contribution in [3.63, 3.8) is 0 Å². The van der Waals surface area contributed by atoms with Gasteiger partial charge in [-0.3, -0.25) is 0 Å². The van der Waals surface area contributed by atoms with E-state index in [1.165, 1.54) is 23.0 Å². The summed E-state index contributed by atoms with van der Waals surface area (Å²) in [4.78, 5) is 0. The van der Waals surface area contributed by atoms with Crippen LogP contribution < -0.4 is 0 Å². The smallest absolute Gasteiger partial charge is 0.0237 e. The Balaban J connectivity index is 1.40. The third kappa shape index (κ3) is 3.20. The van der Waals surface area contributed by atoms with E-state index in [-0.39, 0.29) is 0 Å². The molecule has 2 aliphatic rings. The average Bonchev–Trinajstić information content (AvgIpc) is 2.77. The van der Waals surface area contributed by atoms with Gasteiger partial charge >= 0.3 is 0 Å². The molecule has 4 heteroatoms. The lowest BCUT2D eigenvalue weighted by molar-refractivity contribution is 1.27. The molecule has 0 aliphatic carbocycles. The fraction of sp³-hybridized carbons (Fsp3) is 1.00. The number of hydrogen-bond acceptors (Lipinski definition) is 4. The van der Waals surface area contributed by atoms with E-state index in [1.807, 2.05) is 0 Å². The minimum Gasteiger partial charge on any atom is -0.156 e. The van der Waals surface area contributed by atoms with Gasteiger partial charge in [0.25, 0.3) is 0 Å². The van der Waals surface area contributed by atoms with Crippen LogP contribution in [0, 0.1) is 0 Å². The monoisotopic (exact) mass is 210 g/mol. The molecule has 0 aromatic heterocycles. The quantitative estimate of drug-likeness (QED) is 0.388. The molecule has 0 radical (unpaired) electrons. The van der Waals surface area contributed by atoms with Crippen molar-refractivity contribution in [1.82, 2.24) is 0 Å². The fourth-order valence-electron chi connectivity index (χ4n) is 0.577. The maximum Gasteiger partial charge on any atom is 0.0237 e. The molecule has 58 valence electrons. The van der Waals surface area contributed by atoms with Crippen molar-refractivity contribution in [2.75, 3.05) is 23.0 Å². The molecule has 1 unspecified atom stereocenters. The Kier molecular flexibility index (Phi) is 3.11. The molecule has 0 spiro atoms. The molecular weight excluding hydrogens is 200 g/mol. The van der Waals surface area contributed by atoms with E-state index in [2.05, 4.69) is 45.1 Å². The zero-order valence-corrected chi connectivity index (χ0v) is 8.88. The van der Waals surface area contributed by atoms with Gasteiger partial charge in [0.2, 0.25) is 0 Å². The molecule has 2 heterocycles. The highest BCUT2D eigenvalue weighted by Crippen LogP contribution is 2.40. The van der Waals surface area contributed by atoms with Crippen molar-refractivity contribution in [2.45, 2.75) is 10.5 Å². The van der Waals surface area contributed by atoms with Gasteiger partial charge in [0.05, 0.1) is 0 Å². The Hall–Kier alpha value is 1.40. The summed E-state index contributed by atoms with van der Waals surface area (Å²) in [7, 11) is 4.15. The Morgan fingerprint density at radius 1 is 1.00 bits per heavy atom. The molecule has 0 bridgehead atoms. The average molecular weight is 210 g/mol. The van der Waals surface area contributed by atoms with Crippen LogP contribution in [0.2, 0.25) is 0 Å². The van der Waals surface area contributed by atoms with Crippen LogP contribution in [0.25, 0.3) is 0 Å². The molecule has 2 saturated heterocycles. The molecule has 0 N–H and O–H groups in total. The predicted octanol–water partition coefficient (Wildman–Crippen LogP) is 2.60. The van der Waals surface area contributed by atoms with E-state index < -0.39 is 0 Å². The van der Waals surface area contributed by atoms with Crippen molar-refractivity contribution >= 4 is 45.1 Å². The highest BCUT2D eigenvalue weighted by Gasteiger charge is 2.24. The highest BCUT2D eigenvalue weighted by molar-refractivity contribution is 8.76. The van der Waals surface area contributed by atoms with E-state index >= 15 is 0 Å². The molecule has 2 fully saturated rings. The van der Waals surface area contributed by atoms with E-state index in [0.29, 0.717) is 0 Å². The lowest BCUT2D eigenvalue weighted by atomic mass is 10.6. The van der Waals surface area contributed by atoms with Gasteiger partial charge in [-0.15, -0.1) is 0 Å². The normalized spacial score (nSPS) is 36.0. The second kappa shape index (κ2) is 3.87. The third-order valence-corrected chi connectivity index (χ3v) is 6.32. The molecule has 0 aromatic carbocycles. The third-order valence-electron chi connectivity index (χ3n) is 1.40. The summed E-state index contributed by atoms with van der Waals surface area (Å²) in [6.45, 7) is 0. The molecule has 2 aliphatic heterocycles. The summed E-state index contributed by atoms with van der Waals surface area (Å²) < 4.78 is 0. The minimum atomic E-state index is 1.02. The Morgan fingerprint density at radius 2 is 1.40 bits per heavy atom. The van der Waals surface area contributed by atoms with Crippen LogP contribution in [0.4, 0.5) is 0 Å². The summed E-state index contributed by atoms with van der Waals surface area (Å²) in [5.74, 6) is 5.61. The van der Waals surface area contributed by atoms with E-state index in [0.717, 1.165) is 10.5 Å². The highest BCUT2D eigenvalue weighted by atomic mass is 33.1. The first-order valence-corrected chi connectivity index (χ1v) is 8.01. The van der Waals surface area contributed by atoms with Crippen LogP contribution in [0.1, 0.15) is 0 Å². The summed E-state index contributed by atoms with van der Waals surface area (Å²) in [5.41, 5.74) is 0. The van der Waals surface area contributed by atoms with Crippen LogP contribution in [0.5, 0.6) is 0 Å². The minimum absolute atomic E-state index is 1.02. The first kappa shape index (κ1) is 8.02. The molecule has 0 nitrogen and oxygen atoms in total. The second-order valence-electron chi connectivity index (χ2n) is 2.48. The topological polar surface area (TPSA) is 0 Å². The molecule has 2 atom stereocenters. The lowest BCUT2D eigenvalue weighted by Gasteiger charge is -1.94. The van der Waals surface area contributed by atoms with E-state index in [4.69, 9.17) is 0 Å². The zero-order chi connectivity index (χ0) is 6.81. The van der Waals surface area contributed by atoms with Gasteiger partial charge in [-0.2, -0.15) is 23.5 Å². The molecule has 2 rings (SSSR count). The first-order valence-electron chi connectivity index (χ1n) is 3.43. The number of hydrogen-bond donors (Lipinski definition) is 0. The van der Waals surface area contributed by atoms with Crippen molar-refractivity contribution in [2.24, 2.45) is 0 Å². The van der Waals surface area contributed by atoms with Crippen molar-refractivity contribution in [3.05, 3.63) is 0 Å². The van der Waals surface area contributed by atoms with E-state index in [9.17, 15) is 0 Å². The van der Waals surface area contributed by atoms with Crippen LogP contribution in [-0.2, 0) is 0 Å². The Morgan fingerprint density at radius 3 is 1.70 bits per heavy atom. The van der Waals surface area contributed by atoms with E-state index in [1.54, 1.807) is 0 Å². The van der Waals surface area contributed by atoms with Gasteiger partial charge in [0.1, 0.15) is 0 Å². The maximum absolute atomic E-state index is 2.10. The maximum atomic E-state index is 2.10. The van der Waals surface area contributed by atoms with Gasteiger partial charge in [0, 0.05) is 33.5 Å². The number of thioether (sulfide) groups is 2. The first-order chi connectivity index (χ1) is 4.95. The van der Waals surface area contributed by atoms with Gasteiger partial charge < -0.3 is 0 Å². The summed E-state index contributed by atoms with van der Waals surface area (Å²) in [5, 5.41) is 2.04. The molecule has 0 aromatic rings. The van der Waals surface area contributed by atoms with Crippen molar-refractivity contribution in [1.29, 1.82) is 0 Å². The van der Waals surface area contributed by atoms with Crippen LogP contribution in [-0.4, -0.2) is 33.5 Å². The fourth-order valence-corrected chi connectivity index (χ4v) is 5.37. The Bertz CT molecular complexity index is 94.3. The molecule has 10 heavy (non-hydrogen) atoms. The lowest BCUT2D eigenvalue weighted by Crippen LogP contribution is -1.87. The molecular formula is C6H10S4. The Labute approximate surface area is 78.4 Å². The molecule has 0 amide bonds. The standard InChI is InChI=1S/C6H10S4/c1-5(7-1)3-9-10-4-6-2-8-6/h5-6H,1-4H2/t5-,6?/m1/s1. The number of rotatable bonds is 5. The summed E-state index contributed by atoms with van der Waals surface area (Å²) in [6, 6.07) is 0. The van der Waals surface area contributed by atoms with Crippen LogP contribution in [0.3, 0.4) is 0 Å². The SMILES string of the molecule is C(SSC[C@H]1CS1)C1CS1. The second-order valence-corrected chi connectivity index (χ2v) is 7.70. The van der Waals surface area contributed by atoms with Gasteiger partial charge in [-0.1, -0.05) is 21.6 Å². The van der Waals surface area contributed by atoms with Crippen LogP contribution in [0.15, 0.2) is 0 Å². The van der Waals surface area contributed by atoms with Gasteiger partial charge in [-0.05, 0) is 0 Å². The van der Waals surface area contributed by atoms with Crippen molar-refractivity contribution in [3.8, 4) is 0 Å². The largest absolute Gasteiger partial charge is 0.156 e. The summed E-state index contributed by atoms with van der Waals surface area (Å²) >= 11 is 4.21.